The molecule has 0 fully saturated rings. The molecule has 1 amide bonds. The van der Waals surface area contributed by atoms with E-state index in [1.807, 2.05) is 30.3 Å². The molecule has 5 rings (SSSR count). The number of carbonyl (C=O) groups excluding carboxylic acids is 1. The zero-order chi connectivity index (χ0) is 22.4. The number of methoxy groups -OCH3 is 1. The van der Waals surface area contributed by atoms with Gasteiger partial charge in [0.1, 0.15) is 11.6 Å². The summed E-state index contributed by atoms with van der Waals surface area (Å²) < 4.78 is 5.24. The molecule has 0 spiro atoms. The molecule has 1 aliphatic rings. The highest BCUT2D eigenvalue weighted by Crippen LogP contribution is 2.38. The minimum Gasteiger partial charge on any atom is -0.497 e. The van der Waals surface area contributed by atoms with Crippen LogP contribution in [0.4, 0.5) is 5.69 Å². The van der Waals surface area contributed by atoms with Crippen molar-refractivity contribution in [2.24, 2.45) is 0 Å². The molecule has 0 bridgehead atoms. The van der Waals surface area contributed by atoms with Gasteiger partial charge in [-0.1, -0.05) is 41.4 Å². The molecule has 0 aliphatic carbocycles. The molecule has 0 saturated carbocycles. The van der Waals surface area contributed by atoms with Crippen LogP contribution in [0.5, 0.6) is 5.75 Å². The highest BCUT2D eigenvalue weighted by molar-refractivity contribution is 6.35. The van der Waals surface area contributed by atoms with E-state index in [1.54, 1.807) is 30.2 Å². The number of aromatic nitrogens is 2. The summed E-state index contributed by atoms with van der Waals surface area (Å²) in [5, 5.41) is 0.917. The smallest absolute Gasteiger partial charge is 0.254 e. The second-order valence-electron chi connectivity index (χ2n) is 7.43. The van der Waals surface area contributed by atoms with Gasteiger partial charge in [-0.25, -0.2) is 9.83 Å². The van der Waals surface area contributed by atoms with Gasteiger partial charge in [0.2, 0.25) is 5.69 Å². The first kappa shape index (κ1) is 20.4. The van der Waals surface area contributed by atoms with E-state index >= 15 is 0 Å². The molecule has 8 heteroatoms. The van der Waals surface area contributed by atoms with E-state index in [4.69, 9.17) is 34.5 Å². The lowest BCUT2D eigenvalue weighted by Crippen LogP contribution is -2.23. The minimum absolute atomic E-state index is 0.0737. The van der Waals surface area contributed by atoms with E-state index in [1.165, 1.54) is 0 Å². The van der Waals surface area contributed by atoms with Crippen molar-refractivity contribution in [1.29, 1.82) is 0 Å². The van der Waals surface area contributed by atoms with Crippen LogP contribution in [0.2, 0.25) is 10.0 Å². The summed E-state index contributed by atoms with van der Waals surface area (Å²) in [7, 11) is 1.59. The van der Waals surface area contributed by atoms with Crippen molar-refractivity contribution in [2.75, 3.05) is 7.11 Å². The molecule has 158 valence electrons. The molecule has 0 atom stereocenters. The SMILES string of the molecule is [C-]#[N+]c1c(Cl)ccc2[nH]c(CN3Cc4c(cccc4-c4ccc(OC)cc4Cl)C3=O)nc12. The van der Waals surface area contributed by atoms with Gasteiger partial charge in [0.25, 0.3) is 5.91 Å². The molecule has 0 saturated heterocycles. The van der Waals surface area contributed by atoms with E-state index in [0.717, 1.165) is 16.7 Å². The maximum absolute atomic E-state index is 13.1. The number of nitrogens with zero attached hydrogens (tertiary/aromatic N) is 3. The van der Waals surface area contributed by atoms with Gasteiger partial charge < -0.3 is 14.6 Å². The lowest BCUT2D eigenvalue weighted by atomic mass is 9.97. The standard InChI is InChI=1S/C24H16Cl2N4O2/c1-27-22-18(25)8-9-20-23(22)29-21(28-20)12-30-11-17-14(4-3-5-16(17)24(30)31)15-7-6-13(32-2)10-19(15)26/h3-10H,11-12H2,2H3,(H,28,29). The number of benzene rings is 3. The van der Waals surface area contributed by atoms with E-state index in [-0.39, 0.29) is 12.5 Å². The third-order valence-electron chi connectivity index (χ3n) is 5.59. The summed E-state index contributed by atoms with van der Waals surface area (Å²) in [6, 6.07) is 14.6. The van der Waals surface area contributed by atoms with Gasteiger partial charge in [-0.2, -0.15) is 0 Å². The van der Waals surface area contributed by atoms with Crippen LogP contribution in [0.1, 0.15) is 21.7 Å². The number of rotatable bonds is 4. The van der Waals surface area contributed by atoms with Gasteiger partial charge in [0.15, 0.2) is 0 Å². The molecule has 4 aromatic rings. The molecular formula is C24H16Cl2N4O2. The first-order valence-electron chi connectivity index (χ1n) is 9.79. The van der Waals surface area contributed by atoms with Crippen LogP contribution in [0, 0.1) is 6.57 Å². The monoisotopic (exact) mass is 462 g/mol. The van der Waals surface area contributed by atoms with Crippen molar-refractivity contribution in [3.8, 4) is 16.9 Å². The van der Waals surface area contributed by atoms with E-state index in [2.05, 4.69) is 14.8 Å². The van der Waals surface area contributed by atoms with E-state index in [0.29, 0.717) is 50.4 Å². The van der Waals surface area contributed by atoms with Gasteiger partial charge >= 0.3 is 0 Å². The maximum Gasteiger partial charge on any atom is 0.254 e. The van der Waals surface area contributed by atoms with Crippen molar-refractivity contribution < 1.29 is 9.53 Å². The number of aromatic amines is 1. The topological polar surface area (TPSA) is 62.6 Å². The van der Waals surface area contributed by atoms with Gasteiger partial charge in [-0.15, -0.1) is 0 Å². The van der Waals surface area contributed by atoms with Gasteiger partial charge in [0, 0.05) is 22.7 Å². The largest absolute Gasteiger partial charge is 0.497 e. The van der Waals surface area contributed by atoms with Crippen LogP contribution in [-0.4, -0.2) is 27.9 Å². The normalized spacial score (nSPS) is 12.8. The molecule has 6 nitrogen and oxygen atoms in total. The molecule has 2 heterocycles. The Hall–Kier alpha value is -3.53. The first-order chi connectivity index (χ1) is 15.5. The number of hydrogen-bond acceptors (Lipinski definition) is 3. The van der Waals surface area contributed by atoms with Crippen molar-refractivity contribution in [2.45, 2.75) is 13.1 Å². The summed E-state index contributed by atoms with van der Waals surface area (Å²) in [4.78, 5) is 26.1. The molecule has 1 N–H and O–H groups in total. The van der Waals surface area contributed by atoms with Crippen LogP contribution >= 0.6 is 23.2 Å². The number of hydrogen-bond donors (Lipinski definition) is 1. The highest BCUT2D eigenvalue weighted by atomic mass is 35.5. The maximum atomic E-state index is 13.1. The number of carbonyl (C=O) groups is 1. The molecular weight excluding hydrogens is 447 g/mol. The van der Waals surface area contributed by atoms with Crippen LogP contribution in [-0.2, 0) is 13.1 Å². The van der Waals surface area contributed by atoms with E-state index < -0.39 is 0 Å². The zero-order valence-electron chi connectivity index (χ0n) is 16.9. The molecule has 3 aromatic carbocycles. The van der Waals surface area contributed by atoms with E-state index in [9.17, 15) is 4.79 Å². The Kier molecular flexibility index (Phi) is 5.01. The van der Waals surface area contributed by atoms with Crippen molar-refractivity contribution in [3.63, 3.8) is 0 Å². The average Bonchev–Trinajstić information content (AvgIpc) is 3.34. The fourth-order valence-corrected chi connectivity index (χ4v) is 4.53. The number of nitrogens with one attached hydrogen (secondary N) is 1. The predicted molar refractivity (Wildman–Crippen MR) is 124 cm³/mol. The molecule has 0 radical (unpaired) electrons. The second kappa shape index (κ2) is 7.86. The van der Waals surface area contributed by atoms with Crippen molar-refractivity contribution in [1.82, 2.24) is 14.9 Å². The van der Waals surface area contributed by atoms with Crippen LogP contribution in [0.25, 0.3) is 27.0 Å². The van der Waals surface area contributed by atoms with Crippen LogP contribution < -0.4 is 4.74 Å². The van der Waals surface area contributed by atoms with Gasteiger partial charge in [-0.05, 0) is 41.5 Å². The second-order valence-corrected chi connectivity index (χ2v) is 8.24. The zero-order valence-corrected chi connectivity index (χ0v) is 18.5. The predicted octanol–water partition coefficient (Wildman–Crippen LogP) is 6.25. The molecule has 1 aliphatic heterocycles. The Morgan fingerprint density at radius 2 is 1.94 bits per heavy atom. The Morgan fingerprint density at radius 1 is 1.12 bits per heavy atom. The Labute approximate surface area is 194 Å². The molecule has 1 aromatic heterocycles. The van der Waals surface area contributed by atoms with Crippen molar-refractivity contribution >= 4 is 45.8 Å². The van der Waals surface area contributed by atoms with Gasteiger partial charge in [0.05, 0.1) is 36.3 Å². The lowest BCUT2D eigenvalue weighted by molar-refractivity contribution is 0.0763. The molecule has 0 unspecified atom stereocenters. The lowest BCUT2D eigenvalue weighted by Gasteiger charge is -2.14. The van der Waals surface area contributed by atoms with Crippen LogP contribution in [0.3, 0.4) is 0 Å². The minimum atomic E-state index is -0.0737. The van der Waals surface area contributed by atoms with Gasteiger partial charge in [-0.3, -0.25) is 4.79 Å². The summed E-state index contributed by atoms with van der Waals surface area (Å²) in [5.41, 5.74) is 4.86. The summed E-state index contributed by atoms with van der Waals surface area (Å²) in [5.74, 6) is 1.19. The Morgan fingerprint density at radius 3 is 2.69 bits per heavy atom. The third kappa shape index (κ3) is 3.27. The van der Waals surface area contributed by atoms with Crippen LogP contribution in [0.15, 0.2) is 48.5 Å². The summed E-state index contributed by atoms with van der Waals surface area (Å²) in [6.45, 7) is 8.09. The number of ether oxygens (including phenoxy) is 1. The van der Waals surface area contributed by atoms with Crippen molar-refractivity contribution in [3.05, 3.63) is 86.9 Å². The number of fused-ring (bicyclic) bond motifs is 2. The summed E-state index contributed by atoms with van der Waals surface area (Å²) in [6.07, 6.45) is 0. The summed E-state index contributed by atoms with van der Waals surface area (Å²) >= 11 is 12.6. The quantitative estimate of drug-likeness (QED) is 0.364. The highest BCUT2D eigenvalue weighted by Gasteiger charge is 2.30. The first-order valence-corrected chi connectivity index (χ1v) is 10.6. The molecule has 32 heavy (non-hydrogen) atoms. The third-order valence-corrected chi connectivity index (χ3v) is 6.21. The Bertz CT molecular complexity index is 1440. The number of imidazole rings is 1. The fraction of sp³-hybridized carbons (Fsp3) is 0.125. The average molecular weight is 463 g/mol. The number of H-pyrrole nitrogens is 1. The number of halogens is 2. The Balaban J connectivity index is 1.49. The number of amides is 1. The fourth-order valence-electron chi connectivity index (χ4n) is 4.06.